The van der Waals surface area contributed by atoms with Crippen LogP contribution in [0, 0.1) is 0 Å². The van der Waals surface area contributed by atoms with Gasteiger partial charge in [-0.3, -0.25) is 0 Å². The number of nitrogens with zero attached hydrogens (tertiary/aromatic N) is 1. The van der Waals surface area contributed by atoms with Gasteiger partial charge in [-0.1, -0.05) is 158 Å². The summed E-state index contributed by atoms with van der Waals surface area (Å²) >= 11 is 1.88. The second-order valence-electron chi connectivity index (χ2n) is 14.1. The Balaban J connectivity index is 1.12. The lowest BCUT2D eigenvalue weighted by Crippen LogP contribution is -2.10. The first-order valence-corrected chi connectivity index (χ1v) is 19.3. The molecule has 0 aliphatic heterocycles. The molecule has 54 heavy (non-hydrogen) atoms. The lowest BCUT2D eigenvalue weighted by atomic mass is 9.90. The van der Waals surface area contributed by atoms with Gasteiger partial charge in [0.1, 0.15) is 0 Å². The molecule has 11 aromatic rings. The third-order valence-electron chi connectivity index (χ3n) is 11.0. The van der Waals surface area contributed by atoms with Crippen molar-refractivity contribution in [2.75, 3.05) is 4.90 Å². The molecule has 0 aliphatic rings. The molecule has 0 spiro atoms. The van der Waals surface area contributed by atoms with Crippen LogP contribution in [0.25, 0.3) is 85.5 Å². The number of benzene rings is 10. The molecule has 0 radical (unpaired) electrons. The summed E-state index contributed by atoms with van der Waals surface area (Å²) in [7, 11) is 0. The first kappa shape index (κ1) is 30.8. The predicted molar refractivity (Wildman–Crippen MR) is 235 cm³/mol. The molecule has 0 fully saturated rings. The Morgan fingerprint density at radius 2 is 0.870 bits per heavy atom. The highest BCUT2D eigenvalue weighted by Gasteiger charge is 2.21. The van der Waals surface area contributed by atoms with Crippen molar-refractivity contribution in [1.82, 2.24) is 0 Å². The zero-order valence-electron chi connectivity index (χ0n) is 29.4. The Morgan fingerprint density at radius 3 is 1.61 bits per heavy atom. The van der Waals surface area contributed by atoms with Crippen molar-refractivity contribution in [3.63, 3.8) is 0 Å². The van der Waals surface area contributed by atoms with Crippen molar-refractivity contribution in [3.8, 4) is 22.3 Å². The number of fused-ring (bicyclic) bond motifs is 10. The molecule has 1 aromatic heterocycles. The third kappa shape index (κ3) is 4.92. The number of rotatable bonds is 5. The molecule has 0 N–H and O–H groups in total. The van der Waals surface area contributed by atoms with Gasteiger partial charge in [-0.05, 0) is 108 Å². The topological polar surface area (TPSA) is 3.24 Å². The molecule has 0 saturated carbocycles. The third-order valence-corrected chi connectivity index (χ3v) is 12.2. The van der Waals surface area contributed by atoms with Crippen LogP contribution >= 0.6 is 11.3 Å². The van der Waals surface area contributed by atoms with E-state index in [0.29, 0.717) is 0 Å². The van der Waals surface area contributed by atoms with Crippen LogP contribution in [-0.4, -0.2) is 0 Å². The smallest absolute Gasteiger partial charge is 0.0646 e. The van der Waals surface area contributed by atoms with E-state index < -0.39 is 0 Å². The molecule has 0 unspecified atom stereocenters. The summed E-state index contributed by atoms with van der Waals surface area (Å²) in [6, 6.07) is 73.4. The minimum Gasteiger partial charge on any atom is -0.309 e. The van der Waals surface area contributed by atoms with Gasteiger partial charge < -0.3 is 4.90 Å². The van der Waals surface area contributed by atoms with Crippen LogP contribution in [0.5, 0.6) is 0 Å². The lowest BCUT2D eigenvalue weighted by Gasteiger charge is -2.27. The maximum Gasteiger partial charge on any atom is 0.0646 e. The van der Waals surface area contributed by atoms with E-state index in [9.17, 15) is 0 Å². The predicted octanol–water partition coefficient (Wildman–Crippen LogP) is 15.5. The Morgan fingerprint density at radius 1 is 0.333 bits per heavy atom. The second kappa shape index (κ2) is 12.4. The van der Waals surface area contributed by atoms with Crippen molar-refractivity contribution < 1.29 is 0 Å². The van der Waals surface area contributed by atoms with Crippen LogP contribution < -0.4 is 4.90 Å². The number of hydrogen-bond acceptors (Lipinski definition) is 2. The molecule has 1 nitrogen and oxygen atoms in total. The van der Waals surface area contributed by atoms with Gasteiger partial charge in [-0.25, -0.2) is 0 Å². The summed E-state index contributed by atoms with van der Waals surface area (Å²) in [5.41, 5.74) is 8.31. The first-order valence-electron chi connectivity index (χ1n) is 18.5. The Labute approximate surface area is 317 Å². The molecule has 11 rings (SSSR count). The van der Waals surface area contributed by atoms with Crippen molar-refractivity contribution in [1.29, 1.82) is 0 Å². The summed E-state index contributed by atoms with van der Waals surface area (Å²) in [5.74, 6) is 0. The molecule has 0 amide bonds. The fraction of sp³-hybridized carbons (Fsp3) is 0. The van der Waals surface area contributed by atoms with Gasteiger partial charge in [0.05, 0.1) is 10.4 Å². The molecule has 2 heteroatoms. The molecule has 0 atom stereocenters. The Kier molecular flexibility index (Phi) is 7.11. The van der Waals surface area contributed by atoms with Gasteiger partial charge in [0, 0.05) is 26.8 Å². The molecule has 0 bridgehead atoms. The van der Waals surface area contributed by atoms with Crippen molar-refractivity contribution in [2.24, 2.45) is 0 Å². The first-order chi connectivity index (χ1) is 26.8. The zero-order valence-corrected chi connectivity index (χ0v) is 30.2. The molecule has 1 heterocycles. The van der Waals surface area contributed by atoms with E-state index in [1.54, 1.807) is 0 Å². The normalized spacial score (nSPS) is 11.7. The highest BCUT2D eigenvalue weighted by atomic mass is 32.1. The number of thiophene rings is 1. The van der Waals surface area contributed by atoms with Gasteiger partial charge in [0.2, 0.25) is 0 Å². The molecule has 10 aromatic carbocycles. The van der Waals surface area contributed by atoms with E-state index in [0.717, 1.165) is 11.4 Å². The molecule has 252 valence electrons. The van der Waals surface area contributed by atoms with Crippen LogP contribution in [0.1, 0.15) is 0 Å². The fourth-order valence-electron chi connectivity index (χ4n) is 8.49. The molecule has 0 saturated heterocycles. The minimum atomic E-state index is 1.12. The van der Waals surface area contributed by atoms with Gasteiger partial charge in [0.25, 0.3) is 0 Å². The summed E-state index contributed by atoms with van der Waals surface area (Å²) in [5, 5.41) is 12.9. The standard InChI is InChI=1S/C52H33NS/c1-2-12-34(13-3-1)35-24-28-40(29-25-35)53(48-33-38-15-5-7-17-43(38)51-46-20-10-11-21-49(46)54-52(48)51)41-30-26-37(27-31-41)47-32-39-23-22-36-14-4-6-16-42(36)50(39)45-19-9-8-18-44(45)47/h1-33H. The number of hydrogen-bond donors (Lipinski definition) is 0. The average Bonchev–Trinajstić information content (AvgIpc) is 3.64. The van der Waals surface area contributed by atoms with Crippen molar-refractivity contribution in [2.45, 2.75) is 0 Å². The van der Waals surface area contributed by atoms with E-state index in [1.807, 2.05) is 11.3 Å². The Hall–Kier alpha value is -6.74. The SMILES string of the molecule is c1ccc(-c2ccc(N(c3ccc(-c4cc5ccc6ccccc6c5c5ccccc45)cc3)c3cc4ccccc4c4c3sc3ccccc34)cc2)cc1. The lowest BCUT2D eigenvalue weighted by molar-refractivity contribution is 1.30. The maximum absolute atomic E-state index is 2.45. The van der Waals surface area contributed by atoms with E-state index >= 15 is 0 Å². The van der Waals surface area contributed by atoms with E-state index in [1.165, 1.54) is 91.2 Å². The Bertz CT molecular complexity index is 3190. The highest BCUT2D eigenvalue weighted by molar-refractivity contribution is 7.26. The summed E-state index contributed by atoms with van der Waals surface area (Å²) in [6.45, 7) is 0. The van der Waals surface area contributed by atoms with Gasteiger partial charge in [-0.2, -0.15) is 0 Å². The molecule has 0 aliphatic carbocycles. The van der Waals surface area contributed by atoms with Crippen LogP contribution in [0.15, 0.2) is 200 Å². The van der Waals surface area contributed by atoms with Gasteiger partial charge in [-0.15, -0.1) is 11.3 Å². The maximum atomic E-state index is 2.45. The van der Waals surface area contributed by atoms with E-state index in [-0.39, 0.29) is 0 Å². The van der Waals surface area contributed by atoms with Gasteiger partial charge >= 0.3 is 0 Å². The summed E-state index contributed by atoms with van der Waals surface area (Å²) in [4.78, 5) is 2.45. The van der Waals surface area contributed by atoms with Crippen LogP contribution in [0.3, 0.4) is 0 Å². The zero-order chi connectivity index (χ0) is 35.6. The van der Waals surface area contributed by atoms with Crippen LogP contribution in [-0.2, 0) is 0 Å². The quantitative estimate of drug-likeness (QED) is 0.161. The van der Waals surface area contributed by atoms with Gasteiger partial charge in [0.15, 0.2) is 0 Å². The minimum absolute atomic E-state index is 1.12. The average molecular weight is 704 g/mol. The largest absolute Gasteiger partial charge is 0.309 e. The molecular formula is C52H33NS. The van der Waals surface area contributed by atoms with Crippen molar-refractivity contribution in [3.05, 3.63) is 200 Å². The van der Waals surface area contributed by atoms with Crippen LogP contribution in [0.4, 0.5) is 17.1 Å². The van der Waals surface area contributed by atoms with Crippen molar-refractivity contribution >= 4 is 91.7 Å². The number of anilines is 3. The summed E-state index contributed by atoms with van der Waals surface area (Å²) in [6.07, 6.45) is 0. The second-order valence-corrected chi connectivity index (χ2v) is 15.1. The van der Waals surface area contributed by atoms with Crippen LogP contribution in [0.2, 0.25) is 0 Å². The fourth-order valence-corrected chi connectivity index (χ4v) is 9.71. The monoisotopic (exact) mass is 703 g/mol. The summed E-state index contributed by atoms with van der Waals surface area (Å²) < 4.78 is 2.59. The van der Waals surface area contributed by atoms with E-state index in [4.69, 9.17) is 0 Å². The molecular weight excluding hydrogens is 671 g/mol. The highest BCUT2D eigenvalue weighted by Crippen LogP contribution is 2.48. The van der Waals surface area contributed by atoms with E-state index in [2.05, 4.69) is 205 Å².